The zero-order chi connectivity index (χ0) is 12.3. The molecule has 0 aliphatic carbocycles. The normalized spacial score (nSPS) is 19.3. The molecule has 0 radical (unpaired) electrons. The Morgan fingerprint density at radius 3 is 3.00 bits per heavy atom. The van der Waals surface area contributed by atoms with E-state index in [4.69, 9.17) is 5.26 Å². The third-order valence-electron chi connectivity index (χ3n) is 2.72. The van der Waals surface area contributed by atoms with Crippen molar-refractivity contribution in [2.24, 2.45) is 0 Å². The molecule has 1 heterocycles. The fourth-order valence-corrected chi connectivity index (χ4v) is 2.27. The number of halogens is 1. The van der Waals surface area contributed by atoms with Gasteiger partial charge in [-0.25, -0.2) is 0 Å². The zero-order valence-corrected chi connectivity index (χ0v) is 10.8. The monoisotopic (exact) mass is 293 g/mol. The second-order valence-electron chi connectivity index (χ2n) is 3.94. The van der Waals surface area contributed by atoms with E-state index >= 15 is 0 Å². The Balaban J connectivity index is 2.11. The van der Waals surface area contributed by atoms with Gasteiger partial charge in [-0.2, -0.15) is 5.26 Å². The predicted molar refractivity (Wildman–Crippen MR) is 68.5 cm³/mol. The van der Waals surface area contributed by atoms with Gasteiger partial charge in [0, 0.05) is 16.7 Å². The summed E-state index contributed by atoms with van der Waals surface area (Å²) in [5.41, 5.74) is 1.43. The molecular weight excluding hydrogens is 282 g/mol. The second kappa shape index (κ2) is 5.19. The van der Waals surface area contributed by atoms with Crippen molar-refractivity contribution in [2.45, 2.75) is 18.9 Å². The fraction of sp³-hybridized carbons (Fsp3) is 0.333. The number of carbonyl (C=O) groups is 1. The number of hydrogen-bond donors (Lipinski definition) is 2. The maximum atomic E-state index is 11.6. The molecule has 4 nitrogen and oxygen atoms in total. The van der Waals surface area contributed by atoms with E-state index in [1.54, 1.807) is 6.07 Å². The van der Waals surface area contributed by atoms with Crippen LogP contribution < -0.4 is 10.6 Å². The van der Waals surface area contributed by atoms with Crippen molar-refractivity contribution in [1.82, 2.24) is 5.32 Å². The minimum atomic E-state index is -0.177. The Kier molecular flexibility index (Phi) is 3.64. The van der Waals surface area contributed by atoms with E-state index < -0.39 is 0 Å². The highest BCUT2D eigenvalue weighted by atomic mass is 79.9. The highest BCUT2D eigenvalue weighted by Crippen LogP contribution is 2.22. The molecule has 1 atom stereocenters. The van der Waals surface area contributed by atoms with Crippen LogP contribution in [0.3, 0.4) is 0 Å². The van der Waals surface area contributed by atoms with Gasteiger partial charge in [0.15, 0.2) is 0 Å². The lowest BCUT2D eigenvalue weighted by molar-refractivity contribution is -0.123. The van der Waals surface area contributed by atoms with Gasteiger partial charge in [-0.3, -0.25) is 4.79 Å². The summed E-state index contributed by atoms with van der Waals surface area (Å²) in [4.78, 5) is 11.6. The minimum absolute atomic E-state index is 0.0386. The van der Waals surface area contributed by atoms with Crippen LogP contribution in [0.2, 0.25) is 0 Å². The lowest BCUT2D eigenvalue weighted by Crippen LogP contribution is -2.44. The number of carbonyl (C=O) groups excluding carboxylic acids is 1. The molecule has 0 bridgehead atoms. The van der Waals surface area contributed by atoms with Gasteiger partial charge < -0.3 is 10.6 Å². The molecule has 1 aromatic rings. The van der Waals surface area contributed by atoms with Gasteiger partial charge >= 0.3 is 0 Å². The summed E-state index contributed by atoms with van der Waals surface area (Å²) in [5, 5.41) is 14.8. The Hall–Kier alpha value is -1.54. The van der Waals surface area contributed by atoms with Crippen LogP contribution >= 0.6 is 15.9 Å². The summed E-state index contributed by atoms with van der Waals surface area (Å²) < 4.78 is 0.737. The Morgan fingerprint density at radius 1 is 1.53 bits per heavy atom. The van der Waals surface area contributed by atoms with Gasteiger partial charge in [0.05, 0.1) is 5.56 Å². The molecule has 1 unspecified atom stereocenters. The number of nitrogens with one attached hydrogen (secondary N) is 2. The number of rotatable bonds is 2. The van der Waals surface area contributed by atoms with Crippen molar-refractivity contribution in [3.63, 3.8) is 0 Å². The highest BCUT2D eigenvalue weighted by Gasteiger charge is 2.21. The van der Waals surface area contributed by atoms with Crippen molar-refractivity contribution >= 4 is 27.5 Å². The second-order valence-corrected chi connectivity index (χ2v) is 4.79. The molecule has 5 heteroatoms. The van der Waals surface area contributed by atoms with Crippen LogP contribution in [0.15, 0.2) is 22.7 Å². The standard InChI is InChI=1S/C12H12BrN3O/c13-10-6-9(4-3-8(10)7-14)16-11-2-1-5-15-12(11)17/h3-4,6,11,16H,1-2,5H2,(H,15,17). The lowest BCUT2D eigenvalue weighted by atomic mass is 10.1. The van der Waals surface area contributed by atoms with Crippen molar-refractivity contribution < 1.29 is 4.79 Å². The SMILES string of the molecule is N#Cc1ccc(NC2CCCNC2=O)cc1Br. The molecule has 1 aromatic carbocycles. The molecule has 2 N–H and O–H groups in total. The Bertz CT molecular complexity index is 481. The van der Waals surface area contributed by atoms with Crippen molar-refractivity contribution in [1.29, 1.82) is 5.26 Å². The zero-order valence-electron chi connectivity index (χ0n) is 9.16. The van der Waals surface area contributed by atoms with E-state index in [9.17, 15) is 4.79 Å². The van der Waals surface area contributed by atoms with Crippen LogP contribution in [-0.4, -0.2) is 18.5 Å². The molecule has 1 fully saturated rings. The third kappa shape index (κ3) is 2.77. The van der Waals surface area contributed by atoms with Gasteiger partial charge in [0.2, 0.25) is 5.91 Å². The quantitative estimate of drug-likeness (QED) is 0.877. The molecule has 1 aliphatic rings. The maximum absolute atomic E-state index is 11.6. The Morgan fingerprint density at radius 2 is 2.35 bits per heavy atom. The molecule has 1 aliphatic heterocycles. The number of nitriles is 1. The first-order valence-electron chi connectivity index (χ1n) is 5.44. The highest BCUT2D eigenvalue weighted by molar-refractivity contribution is 9.10. The average molecular weight is 294 g/mol. The van der Waals surface area contributed by atoms with Gasteiger partial charge in [-0.05, 0) is 47.0 Å². The first-order chi connectivity index (χ1) is 8.20. The van der Waals surface area contributed by atoms with E-state index in [0.29, 0.717) is 5.56 Å². The molecular formula is C12H12BrN3O. The molecule has 17 heavy (non-hydrogen) atoms. The average Bonchev–Trinajstić information content (AvgIpc) is 2.32. The van der Waals surface area contributed by atoms with Crippen LogP contribution in [0.5, 0.6) is 0 Å². The fourth-order valence-electron chi connectivity index (χ4n) is 1.81. The molecule has 2 rings (SSSR count). The minimum Gasteiger partial charge on any atom is -0.374 e. The van der Waals surface area contributed by atoms with Crippen LogP contribution in [0, 0.1) is 11.3 Å². The summed E-state index contributed by atoms with van der Waals surface area (Å²) in [6.07, 6.45) is 1.82. The van der Waals surface area contributed by atoms with Crippen LogP contribution in [-0.2, 0) is 4.79 Å². The molecule has 0 saturated carbocycles. The van der Waals surface area contributed by atoms with Crippen LogP contribution in [0.25, 0.3) is 0 Å². The number of piperidine rings is 1. The summed E-state index contributed by atoms with van der Waals surface area (Å²) in [6.45, 7) is 0.758. The molecule has 88 valence electrons. The van der Waals surface area contributed by atoms with E-state index in [0.717, 1.165) is 29.5 Å². The van der Waals surface area contributed by atoms with E-state index in [-0.39, 0.29) is 11.9 Å². The topological polar surface area (TPSA) is 64.9 Å². The van der Waals surface area contributed by atoms with E-state index in [1.807, 2.05) is 12.1 Å². The third-order valence-corrected chi connectivity index (χ3v) is 3.37. The summed E-state index contributed by atoms with van der Waals surface area (Å²) in [5.74, 6) is 0.0386. The van der Waals surface area contributed by atoms with Crippen LogP contribution in [0.1, 0.15) is 18.4 Å². The maximum Gasteiger partial charge on any atom is 0.242 e. The smallest absolute Gasteiger partial charge is 0.242 e. The number of anilines is 1. The molecule has 0 spiro atoms. The molecule has 1 amide bonds. The summed E-state index contributed by atoms with van der Waals surface area (Å²) in [6, 6.07) is 7.26. The van der Waals surface area contributed by atoms with E-state index in [1.165, 1.54) is 0 Å². The van der Waals surface area contributed by atoms with Crippen LogP contribution in [0.4, 0.5) is 5.69 Å². The number of hydrogen-bond acceptors (Lipinski definition) is 3. The first kappa shape index (κ1) is 11.9. The number of benzene rings is 1. The largest absolute Gasteiger partial charge is 0.374 e. The Labute approximate surface area is 108 Å². The van der Waals surface area contributed by atoms with Gasteiger partial charge in [0.1, 0.15) is 12.1 Å². The summed E-state index contributed by atoms with van der Waals surface area (Å²) >= 11 is 3.32. The number of amides is 1. The first-order valence-corrected chi connectivity index (χ1v) is 6.24. The van der Waals surface area contributed by atoms with E-state index in [2.05, 4.69) is 32.6 Å². The molecule has 1 saturated heterocycles. The van der Waals surface area contributed by atoms with Crippen molar-refractivity contribution in [3.8, 4) is 6.07 Å². The van der Waals surface area contributed by atoms with Crippen molar-refractivity contribution in [3.05, 3.63) is 28.2 Å². The van der Waals surface area contributed by atoms with Crippen molar-refractivity contribution in [2.75, 3.05) is 11.9 Å². The van der Waals surface area contributed by atoms with Gasteiger partial charge in [-0.1, -0.05) is 0 Å². The lowest BCUT2D eigenvalue weighted by Gasteiger charge is -2.23. The van der Waals surface area contributed by atoms with Gasteiger partial charge in [0.25, 0.3) is 0 Å². The summed E-state index contributed by atoms with van der Waals surface area (Å²) in [7, 11) is 0. The number of nitrogens with zero attached hydrogens (tertiary/aromatic N) is 1. The molecule has 0 aromatic heterocycles. The van der Waals surface area contributed by atoms with Gasteiger partial charge in [-0.15, -0.1) is 0 Å². The predicted octanol–water partition coefficient (Wildman–Crippen LogP) is 2.01.